The number of nitro groups is 2. The lowest BCUT2D eigenvalue weighted by molar-refractivity contribution is -0.387. The van der Waals surface area contributed by atoms with Gasteiger partial charge >= 0.3 is 0 Å². The van der Waals surface area contributed by atoms with Crippen molar-refractivity contribution in [3.05, 3.63) is 103 Å². The Morgan fingerprint density at radius 3 is 2.30 bits per heavy atom. The maximum Gasteiger partial charge on any atom is 0.283 e. The van der Waals surface area contributed by atoms with Crippen molar-refractivity contribution >= 4 is 41.0 Å². The van der Waals surface area contributed by atoms with E-state index < -0.39 is 9.85 Å². The van der Waals surface area contributed by atoms with Crippen LogP contribution < -0.4 is 0 Å². The lowest BCUT2D eigenvalue weighted by Gasteiger charge is -2.04. The van der Waals surface area contributed by atoms with Crippen LogP contribution in [0, 0.1) is 20.2 Å². The van der Waals surface area contributed by atoms with Gasteiger partial charge in [0.05, 0.1) is 21.0 Å². The first-order chi connectivity index (χ1) is 14.4. The van der Waals surface area contributed by atoms with Crippen molar-refractivity contribution in [1.82, 2.24) is 0 Å². The lowest BCUT2D eigenvalue weighted by atomic mass is 10.2. The van der Waals surface area contributed by atoms with Gasteiger partial charge in [-0.15, -0.1) is 0 Å². The van der Waals surface area contributed by atoms with Gasteiger partial charge in [0, 0.05) is 33.7 Å². The van der Waals surface area contributed by atoms with Crippen molar-refractivity contribution in [3.63, 3.8) is 0 Å². The van der Waals surface area contributed by atoms with Gasteiger partial charge in [-0.2, -0.15) is 0 Å². The smallest absolute Gasteiger partial charge is 0.283 e. The standard InChI is InChI=1S/C20H14ClN3O5S/c21-16-4-8-18(9-5-16)30-20-10-3-15(11-19(20)24(27)28)12-22-29-13-14-1-6-17(7-2-14)23(25)26/h1-12H,13H2/b22-12-. The fourth-order valence-electron chi connectivity index (χ4n) is 2.40. The van der Waals surface area contributed by atoms with Gasteiger partial charge in [0.15, 0.2) is 0 Å². The summed E-state index contributed by atoms with van der Waals surface area (Å²) in [6.07, 6.45) is 1.37. The van der Waals surface area contributed by atoms with Gasteiger partial charge in [-0.05, 0) is 48.0 Å². The summed E-state index contributed by atoms with van der Waals surface area (Å²) in [4.78, 5) is 27.7. The molecule has 10 heteroatoms. The first-order valence-electron chi connectivity index (χ1n) is 8.53. The van der Waals surface area contributed by atoms with Crippen molar-refractivity contribution in [3.8, 4) is 0 Å². The molecule has 0 aromatic heterocycles. The van der Waals surface area contributed by atoms with Gasteiger partial charge in [0.25, 0.3) is 11.4 Å². The molecule has 30 heavy (non-hydrogen) atoms. The monoisotopic (exact) mass is 443 g/mol. The molecule has 0 aliphatic heterocycles. The summed E-state index contributed by atoms with van der Waals surface area (Å²) in [6.45, 7) is 0.112. The molecule has 0 aliphatic carbocycles. The summed E-state index contributed by atoms with van der Waals surface area (Å²) in [5.41, 5.74) is 1.16. The summed E-state index contributed by atoms with van der Waals surface area (Å²) in [5.74, 6) is 0. The minimum absolute atomic E-state index is 0.00822. The quantitative estimate of drug-likeness (QED) is 0.245. The number of nitrogens with zero attached hydrogens (tertiary/aromatic N) is 3. The predicted molar refractivity (Wildman–Crippen MR) is 114 cm³/mol. The van der Waals surface area contributed by atoms with Crippen LogP contribution in [0.15, 0.2) is 81.7 Å². The van der Waals surface area contributed by atoms with E-state index in [0.717, 1.165) is 4.90 Å². The Kier molecular flexibility index (Phi) is 6.99. The molecule has 0 atom stereocenters. The molecular formula is C20H14ClN3O5S. The van der Waals surface area contributed by atoms with E-state index in [9.17, 15) is 20.2 Å². The van der Waals surface area contributed by atoms with Crippen molar-refractivity contribution in [2.75, 3.05) is 0 Å². The van der Waals surface area contributed by atoms with Gasteiger partial charge in [-0.25, -0.2) is 0 Å². The third kappa shape index (κ3) is 5.79. The highest BCUT2D eigenvalue weighted by Crippen LogP contribution is 2.35. The first kappa shape index (κ1) is 21.3. The molecule has 8 nitrogen and oxygen atoms in total. The van der Waals surface area contributed by atoms with Crippen LogP contribution in [0.25, 0.3) is 0 Å². The van der Waals surface area contributed by atoms with E-state index in [1.807, 2.05) is 0 Å². The summed E-state index contributed by atoms with van der Waals surface area (Å²) < 4.78 is 0. The van der Waals surface area contributed by atoms with Gasteiger partial charge in [0.1, 0.15) is 6.61 Å². The highest BCUT2D eigenvalue weighted by molar-refractivity contribution is 7.99. The van der Waals surface area contributed by atoms with Crippen LogP contribution in [0.3, 0.4) is 0 Å². The number of hydrogen-bond donors (Lipinski definition) is 0. The Morgan fingerprint density at radius 2 is 1.67 bits per heavy atom. The second-order valence-electron chi connectivity index (χ2n) is 5.97. The highest BCUT2D eigenvalue weighted by atomic mass is 35.5. The summed E-state index contributed by atoms with van der Waals surface area (Å²) in [5, 5.41) is 26.5. The molecule has 0 unspecified atom stereocenters. The van der Waals surface area contributed by atoms with Crippen LogP contribution in [0.1, 0.15) is 11.1 Å². The molecule has 0 amide bonds. The average Bonchev–Trinajstić information content (AvgIpc) is 2.74. The molecule has 0 aliphatic rings. The molecule has 0 bridgehead atoms. The Bertz CT molecular complexity index is 1090. The summed E-state index contributed by atoms with van der Waals surface area (Å²) in [7, 11) is 0. The molecule has 0 radical (unpaired) electrons. The number of nitro benzene ring substituents is 2. The van der Waals surface area contributed by atoms with Crippen LogP contribution in [-0.4, -0.2) is 16.1 Å². The van der Waals surface area contributed by atoms with Crippen LogP contribution in [-0.2, 0) is 11.4 Å². The van der Waals surface area contributed by atoms with Crippen molar-refractivity contribution in [2.45, 2.75) is 16.4 Å². The Labute approximate surface area is 180 Å². The molecular weight excluding hydrogens is 430 g/mol. The van der Waals surface area contributed by atoms with Crippen LogP contribution in [0.4, 0.5) is 11.4 Å². The van der Waals surface area contributed by atoms with Crippen LogP contribution >= 0.6 is 23.4 Å². The Hall–Kier alpha value is -3.43. The zero-order valence-electron chi connectivity index (χ0n) is 15.3. The van der Waals surface area contributed by atoms with Gasteiger partial charge in [-0.3, -0.25) is 20.2 Å². The molecule has 0 fully saturated rings. The van der Waals surface area contributed by atoms with Gasteiger partial charge in [0.2, 0.25) is 0 Å². The third-order valence-corrected chi connectivity index (χ3v) is 5.20. The lowest BCUT2D eigenvalue weighted by Crippen LogP contribution is -1.94. The second-order valence-corrected chi connectivity index (χ2v) is 7.52. The molecule has 0 saturated carbocycles. The minimum atomic E-state index is -0.482. The van der Waals surface area contributed by atoms with Crippen molar-refractivity contribution in [1.29, 1.82) is 0 Å². The van der Waals surface area contributed by atoms with Crippen molar-refractivity contribution < 1.29 is 14.7 Å². The Balaban J connectivity index is 1.65. The minimum Gasteiger partial charge on any atom is -0.391 e. The van der Waals surface area contributed by atoms with E-state index in [-0.39, 0.29) is 18.0 Å². The van der Waals surface area contributed by atoms with E-state index in [2.05, 4.69) is 5.16 Å². The fraction of sp³-hybridized carbons (Fsp3) is 0.0500. The molecule has 152 valence electrons. The second kappa shape index (κ2) is 9.86. The maximum absolute atomic E-state index is 11.5. The summed E-state index contributed by atoms with van der Waals surface area (Å²) in [6, 6.07) is 17.7. The van der Waals surface area contributed by atoms with Crippen LogP contribution in [0.2, 0.25) is 5.02 Å². The normalized spacial score (nSPS) is 10.8. The van der Waals surface area contributed by atoms with Gasteiger partial charge < -0.3 is 4.84 Å². The average molecular weight is 444 g/mol. The number of halogens is 1. The number of benzene rings is 3. The van der Waals surface area contributed by atoms with E-state index in [1.54, 1.807) is 48.5 Å². The fourth-order valence-corrected chi connectivity index (χ4v) is 3.42. The van der Waals surface area contributed by atoms with Crippen molar-refractivity contribution in [2.24, 2.45) is 5.16 Å². The van der Waals surface area contributed by atoms with E-state index >= 15 is 0 Å². The van der Waals surface area contributed by atoms with Crippen LogP contribution in [0.5, 0.6) is 0 Å². The summed E-state index contributed by atoms with van der Waals surface area (Å²) >= 11 is 7.13. The molecule has 3 aromatic carbocycles. The number of oxime groups is 1. The zero-order valence-corrected chi connectivity index (χ0v) is 16.9. The maximum atomic E-state index is 11.5. The largest absolute Gasteiger partial charge is 0.391 e. The number of non-ortho nitro benzene ring substituents is 1. The first-order valence-corrected chi connectivity index (χ1v) is 9.72. The number of hydrogen-bond acceptors (Lipinski definition) is 7. The topological polar surface area (TPSA) is 108 Å². The predicted octanol–water partition coefficient (Wildman–Crippen LogP) is 5.86. The molecule has 3 rings (SSSR count). The molecule has 0 spiro atoms. The SMILES string of the molecule is O=[N+]([O-])c1ccc(CO/N=C\c2ccc(Sc3ccc(Cl)cc3)c([N+](=O)[O-])c2)cc1. The molecule has 0 N–H and O–H groups in total. The third-order valence-electron chi connectivity index (χ3n) is 3.88. The molecule has 3 aromatic rings. The number of rotatable bonds is 8. The molecule has 0 saturated heterocycles. The van der Waals surface area contributed by atoms with E-state index in [4.69, 9.17) is 16.4 Å². The van der Waals surface area contributed by atoms with E-state index in [0.29, 0.717) is 21.0 Å². The molecule has 0 heterocycles. The zero-order chi connectivity index (χ0) is 21.5. The van der Waals surface area contributed by atoms with E-state index in [1.165, 1.54) is 36.2 Å². The van der Waals surface area contributed by atoms with Gasteiger partial charge in [-0.1, -0.05) is 34.6 Å². The Morgan fingerprint density at radius 1 is 0.967 bits per heavy atom. The highest BCUT2D eigenvalue weighted by Gasteiger charge is 2.15.